The van der Waals surface area contributed by atoms with Crippen LogP contribution in [0.5, 0.6) is 0 Å². The number of hydrogen-bond donors (Lipinski definition) is 1. The summed E-state index contributed by atoms with van der Waals surface area (Å²) < 4.78 is 25.7. The highest BCUT2D eigenvalue weighted by atomic mass is 32.2. The molecule has 0 amide bonds. The topological polar surface area (TPSA) is 52.7 Å². The average Bonchev–Trinajstić information content (AvgIpc) is 2.27. The predicted octanol–water partition coefficient (Wildman–Crippen LogP) is 1.30. The molecule has 0 saturated heterocycles. The first-order valence-electron chi connectivity index (χ1n) is 6.18. The van der Waals surface area contributed by atoms with Gasteiger partial charge in [-0.15, -0.1) is 0 Å². The summed E-state index contributed by atoms with van der Waals surface area (Å²) in [5.41, 5.74) is 0.644. The van der Waals surface area contributed by atoms with Gasteiger partial charge in [-0.1, -0.05) is 12.1 Å². The van der Waals surface area contributed by atoms with Crippen LogP contribution in [0, 0.1) is 0 Å². The van der Waals surface area contributed by atoms with Crippen LogP contribution in [0.15, 0.2) is 29.2 Å². The van der Waals surface area contributed by atoms with Crippen molar-refractivity contribution in [1.29, 1.82) is 0 Å². The molecule has 0 radical (unpaired) electrons. The van der Waals surface area contributed by atoms with Crippen molar-refractivity contribution in [2.45, 2.75) is 17.9 Å². The maximum absolute atomic E-state index is 12.2. The van der Waals surface area contributed by atoms with Crippen LogP contribution in [-0.2, 0) is 10.0 Å². The molecule has 1 rings (SSSR count). The van der Waals surface area contributed by atoms with Gasteiger partial charge in [-0.2, -0.15) is 0 Å². The SMILES string of the molecule is CC(CN(C)C)Nc1ccccc1S(=O)(=O)N(C)C. The Morgan fingerprint density at radius 1 is 1.16 bits per heavy atom. The molecule has 0 fully saturated rings. The second-order valence-electron chi connectivity index (χ2n) is 5.09. The number of hydrogen-bond acceptors (Lipinski definition) is 4. The molecule has 108 valence electrons. The van der Waals surface area contributed by atoms with Gasteiger partial charge < -0.3 is 10.2 Å². The van der Waals surface area contributed by atoms with Crippen molar-refractivity contribution >= 4 is 15.7 Å². The van der Waals surface area contributed by atoms with Gasteiger partial charge in [0.25, 0.3) is 0 Å². The number of sulfonamides is 1. The smallest absolute Gasteiger partial charge is 0.244 e. The lowest BCUT2D eigenvalue weighted by molar-refractivity contribution is 0.392. The van der Waals surface area contributed by atoms with Gasteiger partial charge in [-0.05, 0) is 33.2 Å². The number of benzene rings is 1. The van der Waals surface area contributed by atoms with Gasteiger partial charge in [0.1, 0.15) is 4.90 Å². The van der Waals surface area contributed by atoms with Crippen molar-refractivity contribution in [2.75, 3.05) is 40.1 Å². The van der Waals surface area contributed by atoms with E-state index in [9.17, 15) is 8.42 Å². The van der Waals surface area contributed by atoms with Crippen LogP contribution >= 0.6 is 0 Å². The van der Waals surface area contributed by atoms with Gasteiger partial charge in [0.05, 0.1) is 5.69 Å². The van der Waals surface area contributed by atoms with Crippen LogP contribution in [0.2, 0.25) is 0 Å². The van der Waals surface area contributed by atoms with Crippen molar-refractivity contribution in [3.8, 4) is 0 Å². The van der Waals surface area contributed by atoms with Gasteiger partial charge in [0, 0.05) is 26.7 Å². The zero-order valence-electron chi connectivity index (χ0n) is 12.2. The average molecular weight is 285 g/mol. The molecule has 1 atom stereocenters. The van der Waals surface area contributed by atoms with Crippen LogP contribution in [-0.4, -0.2) is 58.4 Å². The molecule has 0 spiro atoms. The Balaban J connectivity index is 3.04. The van der Waals surface area contributed by atoms with Crippen molar-refractivity contribution in [3.63, 3.8) is 0 Å². The van der Waals surface area contributed by atoms with E-state index in [1.54, 1.807) is 18.2 Å². The van der Waals surface area contributed by atoms with Crippen molar-refractivity contribution in [1.82, 2.24) is 9.21 Å². The summed E-state index contributed by atoms with van der Waals surface area (Å²) >= 11 is 0. The maximum atomic E-state index is 12.2. The maximum Gasteiger partial charge on any atom is 0.244 e. The Hall–Kier alpha value is -1.11. The molecule has 0 aliphatic carbocycles. The van der Waals surface area contributed by atoms with E-state index in [1.807, 2.05) is 27.1 Å². The highest BCUT2D eigenvalue weighted by Gasteiger charge is 2.21. The van der Waals surface area contributed by atoms with E-state index in [4.69, 9.17) is 0 Å². The highest BCUT2D eigenvalue weighted by molar-refractivity contribution is 7.89. The third-order valence-corrected chi connectivity index (χ3v) is 4.56. The lowest BCUT2D eigenvalue weighted by Crippen LogP contribution is -2.31. The normalized spacial score (nSPS) is 13.8. The fraction of sp³-hybridized carbons (Fsp3) is 0.538. The molecule has 0 bridgehead atoms. The highest BCUT2D eigenvalue weighted by Crippen LogP contribution is 2.23. The molecule has 1 N–H and O–H groups in total. The largest absolute Gasteiger partial charge is 0.380 e. The van der Waals surface area contributed by atoms with Gasteiger partial charge in [0.15, 0.2) is 0 Å². The second-order valence-corrected chi connectivity index (χ2v) is 7.21. The fourth-order valence-corrected chi connectivity index (χ4v) is 2.92. The lowest BCUT2D eigenvalue weighted by Gasteiger charge is -2.22. The first-order chi connectivity index (χ1) is 8.75. The molecule has 6 heteroatoms. The zero-order valence-corrected chi connectivity index (χ0v) is 13.0. The van der Waals surface area contributed by atoms with Crippen molar-refractivity contribution < 1.29 is 8.42 Å². The fourth-order valence-electron chi connectivity index (χ4n) is 1.87. The summed E-state index contributed by atoms with van der Waals surface area (Å²) in [4.78, 5) is 2.37. The molecular formula is C13H23N3O2S. The molecule has 19 heavy (non-hydrogen) atoms. The zero-order chi connectivity index (χ0) is 14.6. The van der Waals surface area contributed by atoms with E-state index in [2.05, 4.69) is 10.2 Å². The van der Waals surface area contributed by atoms with E-state index in [1.165, 1.54) is 18.4 Å². The lowest BCUT2D eigenvalue weighted by atomic mass is 10.2. The van der Waals surface area contributed by atoms with E-state index >= 15 is 0 Å². The Morgan fingerprint density at radius 2 is 1.74 bits per heavy atom. The van der Waals surface area contributed by atoms with Crippen LogP contribution < -0.4 is 5.32 Å². The molecule has 0 aliphatic heterocycles. The first kappa shape index (κ1) is 15.9. The number of para-hydroxylation sites is 1. The van der Waals surface area contributed by atoms with E-state index in [0.717, 1.165) is 6.54 Å². The van der Waals surface area contributed by atoms with Crippen LogP contribution in [0.1, 0.15) is 6.92 Å². The molecule has 1 unspecified atom stereocenters. The standard InChI is InChI=1S/C13H23N3O2S/c1-11(10-15(2)3)14-12-8-6-7-9-13(12)19(17,18)16(4)5/h6-9,11,14H,10H2,1-5H3. The molecule has 0 heterocycles. The number of nitrogens with zero attached hydrogens (tertiary/aromatic N) is 2. The molecule has 1 aromatic carbocycles. The van der Waals surface area contributed by atoms with Gasteiger partial charge in [-0.25, -0.2) is 12.7 Å². The number of anilines is 1. The van der Waals surface area contributed by atoms with Gasteiger partial charge in [0.2, 0.25) is 10.0 Å². The van der Waals surface area contributed by atoms with Crippen LogP contribution in [0.3, 0.4) is 0 Å². The second kappa shape index (κ2) is 6.36. The number of rotatable bonds is 6. The summed E-state index contributed by atoms with van der Waals surface area (Å²) in [5, 5.41) is 3.26. The summed E-state index contributed by atoms with van der Waals surface area (Å²) in [6.45, 7) is 2.86. The summed E-state index contributed by atoms with van der Waals surface area (Å²) in [5.74, 6) is 0. The minimum atomic E-state index is -3.42. The number of likely N-dealkylation sites (N-methyl/N-ethyl adjacent to an activating group) is 1. The Kier molecular flexibility index (Phi) is 5.34. The predicted molar refractivity (Wildman–Crippen MR) is 79.0 cm³/mol. The van der Waals surface area contributed by atoms with Crippen LogP contribution in [0.4, 0.5) is 5.69 Å². The summed E-state index contributed by atoms with van der Waals surface area (Å²) in [7, 11) is 3.62. The Morgan fingerprint density at radius 3 is 2.26 bits per heavy atom. The van der Waals surface area contributed by atoms with E-state index in [0.29, 0.717) is 10.6 Å². The third-order valence-electron chi connectivity index (χ3n) is 2.69. The number of nitrogens with one attached hydrogen (secondary N) is 1. The van der Waals surface area contributed by atoms with Gasteiger partial charge in [-0.3, -0.25) is 0 Å². The molecule has 1 aromatic rings. The summed E-state index contributed by atoms with van der Waals surface area (Å²) in [6.07, 6.45) is 0. The van der Waals surface area contributed by atoms with E-state index in [-0.39, 0.29) is 6.04 Å². The van der Waals surface area contributed by atoms with Crippen molar-refractivity contribution in [3.05, 3.63) is 24.3 Å². The summed E-state index contributed by atoms with van der Waals surface area (Å²) in [6, 6.07) is 7.15. The van der Waals surface area contributed by atoms with Gasteiger partial charge >= 0.3 is 0 Å². The molecule has 0 aromatic heterocycles. The Labute approximate surface area is 116 Å². The molecular weight excluding hydrogens is 262 g/mol. The Bertz CT molecular complexity index is 512. The third kappa shape index (κ3) is 4.19. The first-order valence-corrected chi connectivity index (χ1v) is 7.62. The minimum absolute atomic E-state index is 0.161. The van der Waals surface area contributed by atoms with Crippen molar-refractivity contribution in [2.24, 2.45) is 0 Å². The minimum Gasteiger partial charge on any atom is -0.380 e. The monoisotopic (exact) mass is 285 g/mol. The van der Waals surface area contributed by atoms with E-state index < -0.39 is 10.0 Å². The molecule has 5 nitrogen and oxygen atoms in total. The van der Waals surface area contributed by atoms with Crippen LogP contribution in [0.25, 0.3) is 0 Å². The molecule has 0 aliphatic rings. The molecule has 0 saturated carbocycles. The quantitative estimate of drug-likeness (QED) is 0.856.